The molecule has 4 rings (SSSR count). The fourth-order valence-corrected chi connectivity index (χ4v) is 3.56. The van der Waals surface area contributed by atoms with Crippen molar-refractivity contribution in [3.05, 3.63) is 53.7 Å². The first-order valence-electron chi connectivity index (χ1n) is 10.1. The third-order valence-corrected chi connectivity index (χ3v) is 5.15. The molecule has 10 heteroatoms. The maximum absolute atomic E-state index is 13.3. The molecule has 2 heterocycles. The van der Waals surface area contributed by atoms with Gasteiger partial charge in [0, 0.05) is 36.4 Å². The number of benzene rings is 2. The van der Waals surface area contributed by atoms with Crippen molar-refractivity contribution in [1.82, 2.24) is 14.9 Å². The molecule has 3 aromatic rings. The molecule has 1 fully saturated rings. The molecule has 0 bridgehead atoms. The number of morpholine rings is 1. The summed E-state index contributed by atoms with van der Waals surface area (Å²) in [5.41, 5.74) is 1.33. The van der Waals surface area contributed by atoms with Gasteiger partial charge in [0.05, 0.1) is 17.1 Å². The summed E-state index contributed by atoms with van der Waals surface area (Å²) in [7, 11) is 0. The van der Waals surface area contributed by atoms with Gasteiger partial charge in [-0.05, 0) is 31.2 Å². The van der Waals surface area contributed by atoms with E-state index >= 15 is 0 Å². The number of carbonyl (C=O) groups excluding carboxylic acids is 1. The molecule has 0 radical (unpaired) electrons. The van der Waals surface area contributed by atoms with E-state index in [9.17, 15) is 9.18 Å². The van der Waals surface area contributed by atoms with E-state index in [-0.39, 0.29) is 30.4 Å². The summed E-state index contributed by atoms with van der Waals surface area (Å²) in [5, 5.41) is 3.87. The Balaban J connectivity index is 1.42. The van der Waals surface area contributed by atoms with Gasteiger partial charge >= 0.3 is 5.97 Å². The molecule has 32 heavy (non-hydrogen) atoms. The number of aromatic nitrogens is 2. The number of rotatable bonds is 8. The van der Waals surface area contributed by atoms with Gasteiger partial charge in [-0.3, -0.25) is 9.69 Å². The number of halogens is 2. The SMILES string of the molecule is C[C@H]1CN(CCOc2cc3cncnc3cc2OCNc2ccc(F)c(Cl)c2)CC(=O)O1. The Morgan fingerprint density at radius 2 is 2.12 bits per heavy atom. The number of hydrogen-bond acceptors (Lipinski definition) is 8. The van der Waals surface area contributed by atoms with Crippen molar-refractivity contribution in [2.45, 2.75) is 13.0 Å². The van der Waals surface area contributed by atoms with E-state index in [1.165, 1.54) is 18.5 Å². The molecule has 0 amide bonds. The zero-order valence-electron chi connectivity index (χ0n) is 17.4. The molecule has 0 saturated carbocycles. The average molecular weight is 461 g/mol. The second-order valence-corrected chi connectivity index (χ2v) is 7.77. The molecule has 1 aliphatic rings. The molecule has 8 nitrogen and oxygen atoms in total. The molecule has 1 N–H and O–H groups in total. The number of nitrogens with zero attached hydrogens (tertiary/aromatic N) is 3. The van der Waals surface area contributed by atoms with E-state index in [0.717, 1.165) is 5.39 Å². The summed E-state index contributed by atoms with van der Waals surface area (Å²) in [6.45, 7) is 3.79. The Bertz CT molecular complexity index is 1120. The molecule has 0 spiro atoms. The highest BCUT2D eigenvalue weighted by Crippen LogP contribution is 2.32. The second-order valence-electron chi connectivity index (χ2n) is 7.36. The number of nitrogens with one attached hydrogen (secondary N) is 1. The second kappa shape index (κ2) is 9.97. The Morgan fingerprint density at radius 1 is 1.28 bits per heavy atom. The van der Waals surface area contributed by atoms with Crippen molar-refractivity contribution in [2.75, 3.05) is 38.3 Å². The van der Waals surface area contributed by atoms with Gasteiger partial charge in [0.15, 0.2) is 18.2 Å². The van der Waals surface area contributed by atoms with Gasteiger partial charge in [0.1, 0.15) is 24.9 Å². The molecule has 0 aliphatic carbocycles. The zero-order chi connectivity index (χ0) is 22.5. The molecule has 1 aliphatic heterocycles. The fraction of sp³-hybridized carbons (Fsp3) is 0.318. The summed E-state index contributed by atoms with van der Waals surface area (Å²) >= 11 is 5.82. The summed E-state index contributed by atoms with van der Waals surface area (Å²) in [6, 6.07) is 7.91. The van der Waals surface area contributed by atoms with E-state index in [1.54, 1.807) is 18.3 Å². The minimum atomic E-state index is -0.487. The van der Waals surface area contributed by atoms with Gasteiger partial charge in [-0.15, -0.1) is 0 Å². The first kappa shape index (κ1) is 22.0. The molecular formula is C22H22ClFN4O4. The third kappa shape index (κ3) is 5.54. The number of cyclic esters (lactones) is 1. The van der Waals surface area contributed by atoms with Crippen LogP contribution in [0.15, 0.2) is 42.9 Å². The Kier molecular flexibility index (Phi) is 6.87. The molecular weight excluding hydrogens is 439 g/mol. The molecule has 1 saturated heterocycles. The summed E-state index contributed by atoms with van der Waals surface area (Å²) in [5.74, 6) is 0.296. The Morgan fingerprint density at radius 3 is 2.94 bits per heavy atom. The normalized spacial score (nSPS) is 16.6. The standard InChI is InChI=1S/C22H22ClFN4O4/c1-14-10-28(11-22(29)32-14)4-5-30-20-6-15-9-25-12-26-19(15)8-21(20)31-13-27-16-2-3-18(24)17(23)7-16/h2-3,6-9,12,14,27H,4-5,10-11,13H2,1H3/t14-/m0/s1. The van der Waals surface area contributed by atoms with Crippen LogP contribution in [0.1, 0.15) is 6.92 Å². The van der Waals surface area contributed by atoms with Crippen LogP contribution in [0.3, 0.4) is 0 Å². The van der Waals surface area contributed by atoms with E-state index in [0.29, 0.717) is 42.4 Å². The monoisotopic (exact) mass is 460 g/mol. The Labute approximate surface area is 189 Å². The van der Waals surface area contributed by atoms with Gasteiger partial charge < -0.3 is 19.5 Å². The highest BCUT2D eigenvalue weighted by molar-refractivity contribution is 6.31. The summed E-state index contributed by atoms with van der Waals surface area (Å²) < 4.78 is 30.3. The fourth-order valence-electron chi connectivity index (χ4n) is 3.38. The molecule has 2 aromatic carbocycles. The van der Waals surface area contributed by atoms with Crippen LogP contribution in [0.4, 0.5) is 10.1 Å². The predicted molar refractivity (Wildman–Crippen MR) is 118 cm³/mol. The topological polar surface area (TPSA) is 85.8 Å². The molecule has 1 atom stereocenters. The van der Waals surface area contributed by atoms with Gasteiger partial charge in [0.25, 0.3) is 0 Å². The first-order chi connectivity index (χ1) is 15.5. The lowest BCUT2D eigenvalue weighted by Gasteiger charge is -2.30. The van der Waals surface area contributed by atoms with Crippen molar-refractivity contribution >= 4 is 34.2 Å². The number of anilines is 1. The van der Waals surface area contributed by atoms with Gasteiger partial charge in [0.2, 0.25) is 0 Å². The average Bonchev–Trinajstić information content (AvgIpc) is 2.75. The molecule has 168 valence electrons. The van der Waals surface area contributed by atoms with Crippen molar-refractivity contribution in [3.8, 4) is 11.5 Å². The largest absolute Gasteiger partial charge is 0.488 e. The van der Waals surface area contributed by atoms with Crippen molar-refractivity contribution < 1.29 is 23.4 Å². The maximum atomic E-state index is 13.3. The van der Waals surface area contributed by atoms with Crippen LogP contribution >= 0.6 is 11.6 Å². The third-order valence-electron chi connectivity index (χ3n) is 4.86. The maximum Gasteiger partial charge on any atom is 0.320 e. The van der Waals surface area contributed by atoms with Crippen LogP contribution in [0, 0.1) is 5.82 Å². The minimum Gasteiger partial charge on any atom is -0.488 e. The minimum absolute atomic E-state index is 0.0253. The molecule has 0 unspecified atom stereocenters. The zero-order valence-corrected chi connectivity index (χ0v) is 18.1. The van der Waals surface area contributed by atoms with Crippen LogP contribution in [0.2, 0.25) is 5.02 Å². The number of hydrogen-bond donors (Lipinski definition) is 1. The van der Waals surface area contributed by atoms with E-state index in [1.807, 2.05) is 17.9 Å². The van der Waals surface area contributed by atoms with Crippen molar-refractivity contribution in [2.24, 2.45) is 0 Å². The van der Waals surface area contributed by atoms with Crippen molar-refractivity contribution in [1.29, 1.82) is 0 Å². The highest BCUT2D eigenvalue weighted by Gasteiger charge is 2.23. The van der Waals surface area contributed by atoms with E-state index in [2.05, 4.69) is 15.3 Å². The van der Waals surface area contributed by atoms with Crippen molar-refractivity contribution in [3.63, 3.8) is 0 Å². The van der Waals surface area contributed by atoms with Crippen LogP contribution in [-0.2, 0) is 9.53 Å². The van der Waals surface area contributed by atoms with Gasteiger partial charge in [-0.25, -0.2) is 14.4 Å². The number of carbonyl (C=O) groups is 1. The van der Waals surface area contributed by atoms with Gasteiger partial charge in [-0.2, -0.15) is 0 Å². The van der Waals surface area contributed by atoms with E-state index in [4.69, 9.17) is 25.8 Å². The lowest BCUT2D eigenvalue weighted by molar-refractivity contribution is -0.157. The molecule has 1 aromatic heterocycles. The van der Waals surface area contributed by atoms with Gasteiger partial charge in [-0.1, -0.05) is 11.6 Å². The lowest BCUT2D eigenvalue weighted by atomic mass is 10.2. The summed E-state index contributed by atoms with van der Waals surface area (Å²) in [6.07, 6.45) is 3.02. The quantitative estimate of drug-likeness (QED) is 0.404. The van der Waals surface area contributed by atoms with Crippen LogP contribution in [0.5, 0.6) is 11.5 Å². The number of esters is 1. The first-order valence-corrected chi connectivity index (χ1v) is 10.5. The Hall–Kier alpha value is -3.17. The van der Waals surface area contributed by atoms with Crippen LogP contribution < -0.4 is 14.8 Å². The smallest absolute Gasteiger partial charge is 0.320 e. The summed E-state index contributed by atoms with van der Waals surface area (Å²) in [4.78, 5) is 21.9. The van der Waals surface area contributed by atoms with Crippen LogP contribution in [-0.4, -0.2) is 59.9 Å². The number of fused-ring (bicyclic) bond motifs is 1. The predicted octanol–water partition coefficient (Wildman–Crippen LogP) is 3.50. The number of ether oxygens (including phenoxy) is 3. The highest BCUT2D eigenvalue weighted by atomic mass is 35.5. The van der Waals surface area contributed by atoms with E-state index < -0.39 is 5.82 Å². The lowest BCUT2D eigenvalue weighted by Crippen LogP contribution is -2.45. The van der Waals surface area contributed by atoms with Crippen LogP contribution in [0.25, 0.3) is 10.9 Å².